The van der Waals surface area contributed by atoms with Crippen molar-refractivity contribution in [1.29, 1.82) is 0 Å². The lowest BCUT2D eigenvalue weighted by molar-refractivity contribution is 0.0680. The van der Waals surface area contributed by atoms with Gasteiger partial charge in [0.2, 0.25) is 5.89 Å². The van der Waals surface area contributed by atoms with E-state index in [0.717, 1.165) is 6.42 Å². The van der Waals surface area contributed by atoms with Gasteiger partial charge >= 0.3 is 5.97 Å². The molecular formula is C8H8N2O3. The van der Waals surface area contributed by atoms with Crippen LogP contribution in [0.2, 0.25) is 0 Å². The molecule has 1 aromatic heterocycles. The highest BCUT2D eigenvalue weighted by Crippen LogP contribution is 2.74. The van der Waals surface area contributed by atoms with Crippen LogP contribution in [0.25, 0.3) is 0 Å². The molecule has 1 spiro atoms. The zero-order valence-electron chi connectivity index (χ0n) is 6.86. The minimum absolute atomic E-state index is 0.224. The quantitative estimate of drug-likeness (QED) is 0.735. The Morgan fingerprint density at radius 1 is 1.62 bits per heavy atom. The summed E-state index contributed by atoms with van der Waals surface area (Å²) < 4.78 is 4.88. The molecule has 0 amide bonds. The largest absolute Gasteiger partial charge is 0.475 e. The fourth-order valence-electron chi connectivity index (χ4n) is 1.87. The van der Waals surface area contributed by atoms with Crippen molar-refractivity contribution in [3.63, 3.8) is 0 Å². The Morgan fingerprint density at radius 3 is 2.85 bits per heavy atom. The van der Waals surface area contributed by atoms with Crippen LogP contribution in [0.4, 0.5) is 0 Å². The van der Waals surface area contributed by atoms with Crippen LogP contribution in [0.3, 0.4) is 0 Å². The van der Waals surface area contributed by atoms with Crippen molar-refractivity contribution in [2.75, 3.05) is 0 Å². The average molecular weight is 180 g/mol. The lowest BCUT2D eigenvalue weighted by atomic mass is 10.3. The van der Waals surface area contributed by atoms with Crippen LogP contribution in [-0.4, -0.2) is 21.2 Å². The maximum absolute atomic E-state index is 10.4. The molecule has 2 saturated carbocycles. The van der Waals surface area contributed by atoms with E-state index in [1.165, 1.54) is 12.8 Å². The maximum atomic E-state index is 10.4. The van der Waals surface area contributed by atoms with E-state index in [2.05, 4.69) is 10.1 Å². The predicted molar refractivity (Wildman–Crippen MR) is 40.3 cm³/mol. The summed E-state index contributed by atoms with van der Waals surface area (Å²) in [4.78, 5) is 14.3. The second-order valence-electron chi connectivity index (χ2n) is 3.88. The van der Waals surface area contributed by atoms with Gasteiger partial charge in [-0.25, -0.2) is 4.79 Å². The van der Waals surface area contributed by atoms with Gasteiger partial charge in [0.25, 0.3) is 5.82 Å². The fraction of sp³-hybridized carbons (Fsp3) is 0.625. The van der Waals surface area contributed by atoms with Crippen LogP contribution in [0.15, 0.2) is 4.52 Å². The second-order valence-corrected chi connectivity index (χ2v) is 3.88. The summed E-state index contributed by atoms with van der Waals surface area (Å²) >= 11 is 0. The van der Waals surface area contributed by atoms with Gasteiger partial charge in [-0.1, -0.05) is 0 Å². The molecular weight excluding hydrogens is 172 g/mol. The molecule has 1 atom stereocenters. The molecule has 1 N–H and O–H groups in total. The first-order chi connectivity index (χ1) is 6.21. The van der Waals surface area contributed by atoms with Crippen molar-refractivity contribution in [2.24, 2.45) is 5.41 Å². The first kappa shape index (κ1) is 7.06. The van der Waals surface area contributed by atoms with Crippen molar-refractivity contribution < 1.29 is 14.4 Å². The third kappa shape index (κ3) is 0.897. The number of rotatable bonds is 2. The summed E-state index contributed by atoms with van der Waals surface area (Å²) in [5.74, 6) is -0.499. The Balaban J connectivity index is 1.86. The highest BCUT2D eigenvalue weighted by atomic mass is 16.5. The number of carboxylic acid groups (broad SMARTS) is 1. The molecule has 0 bridgehead atoms. The molecule has 1 heterocycles. The normalized spacial score (nSPS) is 27.5. The molecule has 0 aromatic carbocycles. The van der Waals surface area contributed by atoms with E-state index in [4.69, 9.17) is 9.63 Å². The van der Waals surface area contributed by atoms with Crippen LogP contribution < -0.4 is 0 Å². The molecule has 3 rings (SSSR count). The lowest BCUT2D eigenvalue weighted by Crippen LogP contribution is -1.98. The van der Waals surface area contributed by atoms with Gasteiger partial charge in [-0.15, -0.1) is 0 Å². The Labute approximate surface area is 73.8 Å². The Bertz CT molecular complexity index is 380. The molecule has 0 aliphatic heterocycles. The number of nitrogens with zero attached hydrogens (tertiary/aromatic N) is 2. The van der Waals surface area contributed by atoms with Crippen LogP contribution >= 0.6 is 0 Å². The van der Waals surface area contributed by atoms with Crippen LogP contribution in [0, 0.1) is 5.41 Å². The van der Waals surface area contributed by atoms with E-state index < -0.39 is 5.97 Å². The molecule has 1 aromatic rings. The molecule has 68 valence electrons. The van der Waals surface area contributed by atoms with Crippen molar-refractivity contribution in [3.8, 4) is 0 Å². The highest BCUT2D eigenvalue weighted by Gasteiger charge is 2.65. The van der Waals surface area contributed by atoms with Crippen LogP contribution in [0.5, 0.6) is 0 Å². The molecule has 1 unspecified atom stereocenters. The van der Waals surface area contributed by atoms with Crippen LogP contribution in [0.1, 0.15) is 41.7 Å². The molecule has 0 radical (unpaired) electrons. The first-order valence-electron chi connectivity index (χ1n) is 4.28. The van der Waals surface area contributed by atoms with Crippen molar-refractivity contribution in [1.82, 2.24) is 10.1 Å². The molecule has 5 heteroatoms. The molecule has 2 aliphatic carbocycles. The number of carbonyl (C=O) groups is 1. The SMILES string of the molecule is O=C(O)c1noc(C2CC23CC3)n1. The lowest BCUT2D eigenvalue weighted by Gasteiger charge is -1.84. The van der Waals surface area contributed by atoms with E-state index in [1.54, 1.807) is 0 Å². The van der Waals surface area contributed by atoms with Gasteiger partial charge in [0, 0.05) is 5.92 Å². The molecule has 5 nitrogen and oxygen atoms in total. The highest BCUT2D eigenvalue weighted by molar-refractivity contribution is 5.82. The molecule has 13 heavy (non-hydrogen) atoms. The molecule has 2 aliphatic rings. The van der Waals surface area contributed by atoms with Crippen molar-refractivity contribution in [2.45, 2.75) is 25.2 Å². The zero-order chi connectivity index (χ0) is 9.05. The Morgan fingerprint density at radius 2 is 2.38 bits per heavy atom. The third-order valence-corrected chi connectivity index (χ3v) is 3.01. The minimum atomic E-state index is -1.12. The van der Waals surface area contributed by atoms with E-state index in [0.29, 0.717) is 17.2 Å². The zero-order valence-corrected chi connectivity index (χ0v) is 6.86. The van der Waals surface area contributed by atoms with E-state index in [9.17, 15) is 4.79 Å². The van der Waals surface area contributed by atoms with Gasteiger partial charge in [0.1, 0.15) is 0 Å². The Hall–Kier alpha value is -1.39. The fourth-order valence-corrected chi connectivity index (χ4v) is 1.87. The number of hydrogen-bond donors (Lipinski definition) is 1. The smallest absolute Gasteiger partial charge is 0.377 e. The molecule has 2 fully saturated rings. The number of aromatic carboxylic acids is 1. The Kier molecular flexibility index (Phi) is 1.04. The van der Waals surface area contributed by atoms with Gasteiger partial charge in [0.15, 0.2) is 0 Å². The summed E-state index contributed by atoms with van der Waals surface area (Å²) in [5.41, 5.74) is 0.433. The van der Waals surface area contributed by atoms with Crippen LogP contribution in [-0.2, 0) is 0 Å². The summed E-state index contributed by atoms with van der Waals surface area (Å²) in [5, 5.41) is 11.9. The van der Waals surface area contributed by atoms with E-state index in [1.807, 2.05) is 0 Å². The molecule has 0 saturated heterocycles. The van der Waals surface area contributed by atoms with E-state index in [-0.39, 0.29) is 5.82 Å². The summed E-state index contributed by atoms with van der Waals surface area (Å²) in [7, 11) is 0. The summed E-state index contributed by atoms with van der Waals surface area (Å²) in [6.45, 7) is 0. The summed E-state index contributed by atoms with van der Waals surface area (Å²) in [6.07, 6.45) is 3.54. The maximum Gasteiger partial charge on any atom is 0.377 e. The van der Waals surface area contributed by atoms with Gasteiger partial charge in [-0.05, 0) is 29.8 Å². The van der Waals surface area contributed by atoms with Gasteiger partial charge in [0.05, 0.1) is 0 Å². The third-order valence-electron chi connectivity index (χ3n) is 3.01. The predicted octanol–water partition coefficient (Wildman–Crippen LogP) is 1.04. The number of aromatic nitrogens is 2. The van der Waals surface area contributed by atoms with E-state index >= 15 is 0 Å². The average Bonchev–Trinajstić information content (AvgIpc) is 2.96. The monoisotopic (exact) mass is 180 g/mol. The summed E-state index contributed by atoms with van der Waals surface area (Å²) in [6, 6.07) is 0. The number of carboxylic acids is 1. The first-order valence-corrected chi connectivity index (χ1v) is 4.28. The second kappa shape index (κ2) is 1.92. The van der Waals surface area contributed by atoms with Crippen molar-refractivity contribution >= 4 is 5.97 Å². The standard InChI is InChI=1S/C8H8N2O3/c11-7(12)5-9-6(13-10-5)4-3-8(4)1-2-8/h4H,1-3H2,(H,11,12). The topological polar surface area (TPSA) is 76.2 Å². The van der Waals surface area contributed by atoms with Gasteiger partial charge in [-0.3, -0.25) is 0 Å². The van der Waals surface area contributed by atoms with Gasteiger partial charge < -0.3 is 9.63 Å². The minimum Gasteiger partial charge on any atom is -0.475 e. The van der Waals surface area contributed by atoms with Gasteiger partial charge in [-0.2, -0.15) is 4.98 Å². The number of hydrogen-bond acceptors (Lipinski definition) is 4. The van der Waals surface area contributed by atoms with Crippen molar-refractivity contribution in [3.05, 3.63) is 11.7 Å².